The van der Waals surface area contributed by atoms with Gasteiger partial charge in [-0.25, -0.2) is 0 Å². The lowest BCUT2D eigenvalue weighted by molar-refractivity contribution is -0.133. The predicted octanol–water partition coefficient (Wildman–Crippen LogP) is 1.56. The first-order chi connectivity index (χ1) is 9.15. The van der Waals surface area contributed by atoms with Crippen LogP contribution in [0.3, 0.4) is 0 Å². The van der Waals surface area contributed by atoms with E-state index in [0.717, 1.165) is 18.3 Å². The number of hydrogen-bond donors (Lipinski definition) is 1. The average molecular weight is 300 g/mol. The molecule has 1 N–H and O–H groups in total. The number of nitrogens with zero attached hydrogens (tertiary/aromatic N) is 2. The van der Waals surface area contributed by atoms with Crippen molar-refractivity contribution in [2.24, 2.45) is 5.92 Å². The Labute approximate surface area is 119 Å². The lowest BCUT2D eigenvalue weighted by Crippen LogP contribution is -2.20. The third-order valence-electron chi connectivity index (χ3n) is 2.97. The molecule has 19 heavy (non-hydrogen) atoms. The van der Waals surface area contributed by atoms with Crippen LogP contribution >= 0.6 is 23.5 Å². The van der Waals surface area contributed by atoms with Crippen molar-refractivity contribution in [2.75, 3.05) is 17.3 Å². The summed E-state index contributed by atoms with van der Waals surface area (Å²) in [5, 5.41) is 9.23. The Morgan fingerprint density at radius 2 is 2.26 bits per heavy atom. The van der Waals surface area contributed by atoms with Crippen molar-refractivity contribution >= 4 is 29.5 Å². The number of carboxylic acid groups (broad SMARTS) is 1. The second-order valence-corrected chi connectivity index (χ2v) is 6.61. The van der Waals surface area contributed by atoms with Crippen molar-refractivity contribution in [3.63, 3.8) is 0 Å². The van der Waals surface area contributed by atoms with Gasteiger partial charge in [-0.05, 0) is 30.3 Å². The van der Waals surface area contributed by atoms with Crippen molar-refractivity contribution in [3.8, 4) is 0 Å². The molecule has 1 aromatic rings. The van der Waals surface area contributed by atoms with E-state index in [1.54, 1.807) is 6.20 Å². The fraction of sp³-hybridized carbons (Fsp3) is 0.583. The summed E-state index contributed by atoms with van der Waals surface area (Å²) in [5.41, 5.74) is -0.316. The summed E-state index contributed by atoms with van der Waals surface area (Å²) >= 11 is 3.08. The maximum absolute atomic E-state index is 11.3. The molecule has 7 heteroatoms. The zero-order chi connectivity index (χ0) is 13.7. The molecule has 2 rings (SSSR count). The summed E-state index contributed by atoms with van der Waals surface area (Å²) in [5.74, 6) is 1.97. The van der Waals surface area contributed by atoms with Gasteiger partial charge in [0.25, 0.3) is 5.56 Å². The SMILES string of the molecule is O=C(O)CSc1nc(=O)ccn1CC1CCSCC1. The molecule has 0 unspecified atom stereocenters. The summed E-state index contributed by atoms with van der Waals surface area (Å²) in [7, 11) is 0. The molecule has 104 valence electrons. The molecular weight excluding hydrogens is 284 g/mol. The van der Waals surface area contributed by atoms with Crippen molar-refractivity contribution < 1.29 is 9.90 Å². The normalized spacial score (nSPS) is 16.4. The predicted molar refractivity (Wildman–Crippen MR) is 76.9 cm³/mol. The molecule has 0 atom stereocenters. The lowest BCUT2D eigenvalue weighted by atomic mass is 10.0. The largest absolute Gasteiger partial charge is 0.481 e. The van der Waals surface area contributed by atoms with E-state index < -0.39 is 5.97 Å². The number of aliphatic carboxylic acids is 1. The van der Waals surface area contributed by atoms with E-state index in [9.17, 15) is 9.59 Å². The van der Waals surface area contributed by atoms with Gasteiger partial charge in [-0.3, -0.25) is 9.59 Å². The van der Waals surface area contributed by atoms with Gasteiger partial charge in [0.15, 0.2) is 5.16 Å². The van der Waals surface area contributed by atoms with Crippen LogP contribution in [0.5, 0.6) is 0 Å². The molecule has 2 heterocycles. The Morgan fingerprint density at radius 3 is 2.95 bits per heavy atom. The van der Waals surface area contributed by atoms with E-state index in [2.05, 4.69) is 4.98 Å². The number of rotatable bonds is 5. The molecule has 1 aromatic heterocycles. The van der Waals surface area contributed by atoms with Gasteiger partial charge >= 0.3 is 5.97 Å². The third-order valence-corrected chi connectivity index (χ3v) is 4.99. The van der Waals surface area contributed by atoms with Gasteiger partial charge in [-0.15, -0.1) is 0 Å². The van der Waals surface area contributed by atoms with Crippen LogP contribution in [-0.4, -0.2) is 37.9 Å². The lowest BCUT2D eigenvalue weighted by Gasteiger charge is -2.23. The first kappa shape index (κ1) is 14.5. The van der Waals surface area contributed by atoms with Gasteiger partial charge in [0.1, 0.15) is 0 Å². The molecule has 1 aliphatic rings. The zero-order valence-corrected chi connectivity index (χ0v) is 12.1. The Hall–Kier alpha value is -0.950. The number of thioether (sulfide) groups is 2. The minimum atomic E-state index is -0.899. The van der Waals surface area contributed by atoms with Gasteiger partial charge in [0.2, 0.25) is 0 Å². The number of hydrogen-bond acceptors (Lipinski definition) is 5. The van der Waals surface area contributed by atoms with Crippen molar-refractivity contribution in [1.29, 1.82) is 0 Å². The molecule has 1 aliphatic heterocycles. The van der Waals surface area contributed by atoms with Crippen LogP contribution in [0, 0.1) is 5.92 Å². The summed E-state index contributed by atoms with van der Waals surface area (Å²) in [4.78, 5) is 25.8. The Morgan fingerprint density at radius 1 is 1.53 bits per heavy atom. The van der Waals surface area contributed by atoms with Gasteiger partial charge in [0, 0.05) is 18.8 Å². The Balaban J connectivity index is 2.08. The minimum Gasteiger partial charge on any atom is -0.481 e. The van der Waals surface area contributed by atoms with Crippen molar-refractivity contribution in [3.05, 3.63) is 22.6 Å². The highest BCUT2D eigenvalue weighted by molar-refractivity contribution is 7.99. The van der Waals surface area contributed by atoms with E-state index in [-0.39, 0.29) is 11.3 Å². The van der Waals surface area contributed by atoms with Crippen LogP contribution in [0.1, 0.15) is 12.8 Å². The highest BCUT2D eigenvalue weighted by atomic mass is 32.2. The maximum Gasteiger partial charge on any atom is 0.313 e. The van der Waals surface area contributed by atoms with Gasteiger partial charge < -0.3 is 9.67 Å². The molecule has 5 nitrogen and oxygen atoms in total. The smallest absolute Gasteiger partial charge is 0.313 e. The molecule has 0 radical (unpaired) electrons. The van der Waals surface area contributed by atoms with Crippen LogP contribution in [0.2, 0.25) is 0 Å². The van der Waals surface area contributed by atoms with Crippen molar-refractivity contribution in [1.82, 2.24) is 9.55 Å². The van der Waals surface area contributed by atoms with Crippen molar-refractivity contribution in [2.45, 2.75) is 24.5 Å². The van der Waals surface area contributed by atoms with Crippen LogP contribution in [0.15, 0.2) is 22.2 Å². The molecule has 0 aromatic carbocycles. The second-order valence-electron chi connectivity index (χ2n) is 4.44. The quantitative estimate of drug-likeness (QED) is 0.657. The van der Waals surface area contributed by atoms with Crippen LogP contribution < -0.4 is 5.56 Å². The number of aromatic nitrogens is 2. The standard InChI is InChI=1S/C12H16N2O3S2/c15-10-1-4-14(7-9-2-5-18-6-3-9)12(13-10)19-8-11(16)17/h1,4,9H,2-3,5-8H2,(H,16,17). The van der Waals surface area contributed by atoms with E-state index >= 15 is 0 Å². The second kappa shape index (κ2) is 7.00. The molecule has 0 aliphatic carbocycles. The molecule has 1 saturated heterocycles. The highest BCUT2D eigenvalue weighted by Gasteiger charge is 2.16. The summed E-state index contributed by atoms with van der Waals surface area (Å²) in [6.45, 7) is 0.815. The molecule has 0 saturated carbocycles. The van der Waals surface area contributed by atoms with Gasteiger partial charge in [0.05, 0.1) is 5.75 Å². The summed E-state index contributed by atoms with van der Waals surface area (Å²) < 4.78 is 1.91. The molecule has 0 bridgehead atoms. The number of carboxylic acids is 1. The highest BCUT2D eigenvalue weighted by Crippen LogP contribution is 2.25. The Kier molecular flexibility index (Phi) is 5.33. The van der Waals surface area contributed by atoms with Gasteiger partial charge in [-0.2, -0.15) is 16.7 Å². The molecular formula is C12H16N2O3S2. The molecule has 1 fully saturated rings. The van der Waals surface area contributed by atoms with E-state index in [0.29, 0.717) is 11.1 Å². The molecule has 0 amide bonds. The summed E-state index contributed by atoms with van der Waals surface area (Å²) in [6.07, 6.45) is 4.06. The van der Waals surface area contributed by atoms with Gasteiger partial charge in [-0.1, -0.05) is 11.8 Å². The van der Waals surface area contributed by atoms with E-state index in [1.165, 1.54) is 30.4 Å². The monoisotopic (exact) mass is 300 g/mol. The summed E-state index contributed by atoms with van der Waals surface area (Å²) in [6, 6.07) is 1.43. The average Bonchev–Trinajstić information content (AvgIpc) is 2.40. The van der Waals surface area contributed by atoms with Crippen LogP contribution in [-0.2, 0) is 11.3 Å². The third kappa shape index (κ3) is 4.58. The molecule has 0 spiro atoms. The topological polar surface area (TPSA) is 72.2 Å². The minimum absolute atomic E-state index is 0.0724. The van der Waals surface area contributed by atoms with Crippen LogP contribution in [0.25, 0.3) is 0 Å². The maximum atomic E-state index is 11.3. The first-order valence-corrected chi connectivity index (χ1v) is 8.29. The fourth-order valence-electron chi connectivity index (χ4n) is 2.00. The zero-order valence-electron chi connectivity index (χ0n) is 10.4. The van der Waals surface area contributed by atoms with E-state index in [1.807, 2.05) is 16.3 Å². The van der Waals surface area contributed by atoms with E-state index in [4.69, 9.17) is 5.11 Å². The number of carbonyl (C=O) groups is 1. The van der Waals surface area contributed by atoms with Crippen LogP contribution in [0.4, 0.5) is 0 Å². The fourth-order valence-corrected chi connectivity index (χ4v) is 3.91. The first-order valence-electron chi connectivity index (χ1n) is 6.15. The Bertz CT molecular complexity index is 498.